The average molecular weight is 535 g/mol. The molecular weight excluding hydrogens is 513 g/mol. The topological polar surface area (TPSA) is 86.8 Å². The summed E-state index contributed by atoms with van der Waals surface area (Å²) in [4.78, 5) is 26.7. The van der Waals surface area contributed by atoms with E-state index in [1.54, 1.807) is 25.1 Å². The molecule has 2 aromatic carbocycles. The Morgan fingerprint density at radius 1 is 1.23 bits per heavy atom. The number of carbonyl (C=O) groups excluding carboxylic acids is 2. The van der Waals surface area contributed by atoms with Crippen molar-refractivity contribution in [3.05, 3.63) is 63.3 Å². The molecule has 0 radical (unpaired) electrons. The number of hydrogen-bond acceptors (Lipinski definition) is 4. The van der Waals surface area contributed by atoms with Crippen LogP contribution >= 0.6 is 27.5 Å². The van der Waals surface area contributed by atoms with Crippen molar-refractivity contribution in [2.24, 2.45) is 0 Å². The molecule has 0 aliphatic rings. The van der Waals surface area contributed by atoms with E-state index in [9.17, 15) is 22.4 Å². The monoisotopic (exact) mass is 533 g/mol. The molecule has 11 heteroatoms. The van der Waals surface area contributed by atoms with E-state index in [1.807, 2.05) is 6.07 Å². The highest BCUT2D eigenvalue weighted by atomic mass is 79.9. The van der Waals surface area contributed by atoms with Crippen LogP contribution in [0.3, 0.4) is 0 Å². The largest absolute Gasteiger partial charge is 0.357 e. The molecule has 1 atom stereocenters. The highest BCUT2D eigenvalue weighted by Gasteiger charge is 2.30. The third-order valence-electron chi connectivity index (χ3n) is 4.53. The van der Waals surface area contributed by atoms with Crippen molar-refractivity contribution in [3.63, 3.8) is 0 Å². The Bertz CT molecular complexity index is 1080. The summed E-state index contributed by atoms with van der Waals surface area (Å²) in [5, 5.41) is 2.22. The lowest BCUT2D eigenvalue weighted by Crippen LogP contribution is -2.50. The number of anilines is 1. The molecule has 7 nitrogen and oxygen atoms in total. The second-order valence-electron chi connectivity index (χ2n) is 6.81. The molecule has 168 valence electrons. The number of likely N-dealkylation sites (N-methyl/N-ethyl adjacent to an activating group) is 1. The van der Waals surface area contributed by atoms with E-state index >= 15 is 0 Å². The molecule has 2 aromatic rings. The molecule has 0 heterocycles. The van der Waals surface area contributed by atoms with Crippen molar-refractivity contribution in [3.8, 4) is 0 Å². The fourth-order valence-electron chi connectivity index (χ4n) is 2.88. The standard InChI is InChI=1S/C20H22BrClFN3O4S/c1-13(20(28)24-2)25(11-14-5-4-6-15(21)9-14)19(27)12-26(31(3,29)30)16-7-8-18(23)17(22)10-16/h4-10,13H,11-12H2,1-3H3,(H,24,28)/t13-/m1/s1. The molecule has 0 aliphatic carbocycles. The normalized spacial score (nSPS) is 12.2. The molecule has 31 heavy (non-hydrogen) atoms. The van der Waals surface area contributed by atoms with Gasteiger partial charge in [0.05, 0.1) is 17.0 Å². The first-order valence-electron chi connectivity index (χ1n) is 9.12. The quantitative estimate of drug-likeness (QED) is 0.564. The molecular formula is C20H22BrClFN3O4S. The van der Waals surface area contributed by atoms with Gasteiger partial charge in [-0.1, -0.05) is 39.7 Å². The summed E-state index contributed by atoms with van der Waals surface area (Å²) in [6.07, 6.45) is 0.929. The molecule has 1 N–H and O–H groups in total. The van der Waals surface area contributed by atoms with Gasteiger partial charge >= 0.3 is 0 Å². The number of nitrogens with one attached hydrogen (secondary N) is 1. The van der Waals surface area contributed by atoms with Crippen molar-refractivity contribution >= 4 is 55.1 Å². The molecule has 0 aromatic heterocycles. The van der Waals surface area contributed by atoms with Gasteiger partial charge in [0.15, 0.2) is 0 Å². The first-order valence-corrected chi connectivity index (χ1v) is 12.1. The number of rotatable bonds is 8. The van der Waals surface area contributed by atoms with Crippen LogP contribution in [0.25, 0.3) is 0 Å². The Morgan fingerprint density at radius 2 is 1.90 bits per heavy atom. The molecule has 0 saturated carbocycles. The molecule has 0 saturated heterocycles. The van der Waals surface area contributed by atoms with Crippen LogP contribution in [-0.2, 0) is 26.2 Å². The maximum absolute atomic E-state index is 13.5. The maximum atomic E-state index is 13.5. The minimum Gasteiger partial charge on any atom is -0.357 e. The number of amides is 2. The van der Waals surface area contributed by atoms with E-state index < -0.39 is 40.2 Å². The van der Waals surface area contributed by atoms with Crippen LogP contribution in [0.15, 0.2) is 46.9 Å². The van der Waals surface area contributed by atoms with Gasteiger partial charge in [0.25, 0.3) is 0 Å². The zero-order valence-corrected chi connectivity index (χ0v) is 20.3. The number of sulfonamides is 1. The third-order valence-corrected chi connectivity index (χ3v) is 6.45. The summed E-state index contributed by atoms with van der Waals surface area (Å²) in [6.45, 7) is 1.04. The first kappa shape index (κ1) is 25.1. The van der Waals surface area contributed by atoms with Gasteiger partial charge in [0.2, 0.25) is 21.8 Å². The second-order valence-corrected chi connectivity index (χ2v) is 10.0. The average Bonchev–Trinajstić information content (AvgIpc) is 2.70. The fourth-order valence-corrected chi connectivity index (χ4v) is 4.34. The predicted molar refractivity (Wildman–Crippen MR) is 122 cm³/mol. The SMILES string of the molecule is CNC(=O)[C@@H](C)N(Cc1cccc(Br)c1)C(=O)CN(c1ccc(F)c(Cl)c1)S(C)(=O)=O. The summed E-state index contributed by atoms with van der Waals surface area (Å²) in [5.41, 5.74) is 0.784. The molecule has 2 amide bonds. The Hall–Kier alpha value is -2.17. The number of halogens is 3. The van der Waals surface area contributed by atoms with Crippen molar-refractivity contribution in [2.45, 2.75) is 19.5 Å². The third kappa shape index (κ3) is 6.65. The Labute approximate surface area is 194 Å². The van der Waals surface area contributed by atoms with E-state index in [4.69, 9.17) is 11.6 Å². The van der Waals surface area contributed by atoms with Gasteiger partial charge in [-0.3, -0.25) is 13.9 Å². The molecule has 0 aliphatic heterocycles. The number of nitrogens with zero attached hydrogens (tertiary/aromatic N) is 2. The maximum Gasteiger partial charge on any atom is 0.244 e. The predicted octanol–water partition coefficient (Wildman–Crippen LogP) is 3.17. The van der Waals surface area contributed by atoms with E-state index in [1.165, 1.54) is 18.0 Å². The van der Waals surface area contributed by atoms with Gasteiger partial charge in [-0.15, -0.1) is 0 Å². The smallest absolute Gasteiger partial charge is 0.244 e. The zero-order chi connectivity index (χ0) is 23.3. The molecule has 0 spiro atoms. The lowest BCUT2D eigenvalue weighted by molar-refractivity contribution is -0.139. The minimum absolute atomic E-state index is 0.0391. The number of carbonyl (C=O) groups is 2. The van der Waals surface area contributed by atoms with Gasteiger partial charge in [-0.05, 0) is 42.8 Å². The minimum atomic E-state index is -3.91. The van der Waals surface area contributed by atoms with Gasteiger partial charge in [-0.2, -0.15) is 0 Å². The van der Waals surface area contributed by atoms with Crippen molar-refractivity contribution in [2.75, 3.05) is 24.2 Å². The highest BCUT2D eigenvalue weighted by molar-refractivity contribution is 9.10. The Morgan fingerprint density at radius 3 is 2.45 bits per heavy atom. The van der Waals surface area contributed by atoms with Crippen LogP contribution in [0.2, 0.25) is 5.02 Å². The van der Waals surface area contributed by atoms with E-state index in [2.05, 4.69) is 21.2 Å². The summed E-state index contributed by atoms with van der Waals surface area (Å²) < 4.78 is 39.9. The lowest BCUT2D eigenvalue weighted by Gasteiger charge is -2.31. The summed E-state index contributed by atoms with van der Waals surface area (Å²) >= 11 is 9.16. The van der Waals surface area contributed by atoms with E-state index in [0.717, 1.165) is 32.7 Å². The van der Waals surface area contributed by atoms with Crippen LogP contribution in [0.4, 0.5) is 10.1 Å². The van der Waals surface area contributed by atoms with Gasteiger partial charge in [0, 0.05) is 18.1 Å². The summed E-state index contributed by atoms with van der Waals surface area (Å²) in [5.74, 6) is -1.73. The van der Waals surface area contributed by atoms with Gasteiger partial charge < -0.3 is 10.2 Å². The van der Waals surface area contributed by atoms with Gasteiger partial charge in [0.1, 0.15) is 18.4 Å². The van der Waals surface area contributed by atoms with Crippen LogP contribution in [0.1, 0.15) is 12.5 Å². The summed E-state index contributed by atoms with van der Waals surface area (Å²) in [7, 11) is -2.46. The zero-order valence-electron chi connectivity index (χ0n) is 17.1. The van der Waals surface area contributed by atoms with Crippen molar-refractivity contribution in [1.82, 2.24) is 10.2 Å². The van der Waals surface area contributed by atoms with Crippen molar-refractivity contribution < 1.29 is 22.4 Å². The van der Waals surface area contributed by atoms with E-state index in [-0.39, 0.29) is 17.3 Å². The van der Waals surface area contributed by atoms with Crippen molar-refractivity contribution in [1.29, 1.82) is 0 Å². The molecule has 0 fully saturated rings. The number of hydrogen-bond donors (Lipinski definition) is 1. The lowest BCUT2D eigenvalue weighted by atomic mass is 10.1. The second kappa shape index (κ2) is 10.4. The van der Waals surface area contributed by atoms with Crippen LogP contribution in [0.5, 0.6) is 0 Å². The number of benzene rings is 2. The molecule has 0 unspecified atom stereocenters. The van der Waals surface area contributed by atoms with Crippen LogP contribution in [-0.4, -0.2) is 51.0 Å². The van der Waals surface area contributed by atoms with Crippen LogP contribution in [0, 0.1) is 5.82 Å². The van der Waals surface area contributed by atoms with Crippen LogP contribution < -0.4 is 9.62 Å². The Kier molecular flexibility index (Phi) is 8.44. The molecule has 0 bridgehead atoms. The first-order chi connectivity index (χ1) is 14.4. The fraction of sp³-hybridized carbons (Fsp3) is 0.300. The Balaban J connectivity index is 2.40. The molecule has 2 rings (SSSR count). The van der Waals surface area contributed by atoms with Gasteiger partial charge in [-0.25, -0.2) is 12.8 Å². The van der Waals surface area contributed by atoms with E-state index in [0.29, 0.717) is 0 Å². The highest BCUT2D eigenvalue weighted by Crippen LogP contribution is 2.25. The summed E-state index contributed by atoms with van der Waals surface area (Å²) in [6, 6.07) is 9.70.